The van der Waals surface area contributed by atoms with Crippen LogP contribution in [0.1, 0.15) is 12.1 Å². The number of aliphatic hydroxyl groups is 1. The van der Waals surface area contributed by atoms with Crippen molar-refractivity contribution in [3.05, 3.63) is 60.0 Å². The summed E-state index contributed by atoms with van der Waals surface area (Å²) in [4.78, 5) is 15.8. The van der Waals surface area contributed by atoms with Crippen LogP contribution in [-0.2, 0) is 36.9 Å². The molecule has 0 fully saturated rings. The zero-order valence-electron chi connectivity index (χ0n) is 13.3. The molecule has 1 N–H and O–H groups in total. The van der Waals surface area contributed by atoms with Gasteiger partial charge in [0.15, 0.2) is 0 Å². The predicted molar refractivity (Wildman–Crippen MR) is 86.0 cm³/mol. The molecular formula is C17H13BF2NO4Pt-. The number of pyridine rings is 1. The van der Waals surface area contributed by atoms with Crippen LogP contribution < -0.4 is 4.65 Å². The maximum atomic E-state index is 14.1. The fourth-order valence-electron chi connectivity index (χ4n) is 2.38. The Morgan fingerprint density at radius 1 is 1.19 bits per heavy atom. The Hall–Kier alpha value is -2.21. The Balaban J connectivity index is 0.00000243. The van der Waals surface area contributed by atoms with Gasteiger partial charge in [0, 0.05) is 45.4 Å². The summed E-state index contributed by atoms with van der Waals surface area (Å²) in [6.45, 7) is 0. The number of allylic oxidation sites excluding steroid dienone is 1. The van der Waals surface area contributed by atoms with Crippen molar-refractivity contribution in [3.63, 3.8) is 0 Å². The van der Waals surface area contributed by atoms with E-state index in [1.165, 1.54) is 6.07 Å². The van der Waals surface area contributed by atoms with E-state index in [2.05, 4.69) is 15.7 Å². The van der Waals surface area contributed by atoms with E-state index in [4.69, 9.17) is 4.65 Å². The first-order valence-electron chi connectivity index (χ1n) is 7.53. The standard InChI is InChI=1S/C17H13BF2NO4.Pt/c19-12-8-13-4-2-6-16(21-13)11-3-1-5-15(7-11)24-18(20)25-17(23)10-14(22)9-12;/h1-6,10,12,22H,8-9H2;/q-1;. The first-order chi connectivity index (χ1) is 12.0. The third-order valence-corrected chi connectivity index (χ3v) is 3.43. The van der Waals surface area contributed by atoms with E-state index in [9.17, 15) is 18.6 Å². The van der Waals surface area contributed by atoms with Crippen LogP contribution in [0.4, 0.5) is 8.71 Å². The number of aromatic nitrogens is 1. The van der Waals surface area contributed by atoms with Crippen molar-refractivity contribution in [2.24, 2.45) is 0 Å². The molecule has 2 heterocycles. The van der Waals surface area contributed by atoms with Crippen molar-refractivity contribution in [1.82, 2.24) is 4.98 Å². The van der Waals surface area contributed by atoms with Crippen molar-refractivity contribution in [2.45, 2.75) is 19.0 Å². The molecule has 1 aliphatic heterocycles. The van der Waals surface area contributed by atoms with Crippen LogP contribution >= 0.6 is 0 Å². The van der Waals surface area contributed by atoms with Gasteiger partial charge in [0.1, 0.15) is 11.9 Å². The molecule has 0 radical (unpaired) electrons. The van der Waals surface area contributed by atoms with Gasteiger partial charge in [0.2, 0.25) is 0 Å². The zero-order chi connectivity index (χ0) is 17.8. The summed E-state index contributed by atoms with van der Waals surface area (Å²) in [7, 11) is -2.39. The molecule has 1 atom stereocenters. The monoisotopic (exact) mass is 539 g/mol. The summed E-state index contributed by atoms with van der Waals surface area (Å²) in [6, 6.07) is 12.6. The Morgan fingerprint density at radius 2 is 1.96 bits per heavy atom. The van der Waals surface area contributed by atoms with E-state index >= 15 is 0 Å². The maximum Gasteiger partial charge on any atom is 0.831 e. The number of hydrogen-bond acceptors (Lipinski definition) is 5. The number of carbonyl (C=O) groups excluding carboxylic acids is 1. The first-order valence-corrected chi connectivity index (χ1v) is 7.53. The van der Waals surface area contributed by atoms with Crippen LogP contribution in [0.5, 0.6) is 5.75 Å². The smallest absolute Gasteiger partial charge is 0.514 e. The van der Waals surface area contributed by atoms with Gasteiger partial charge in [-0.1, -0.05) is 18.2 Å². The van der Waals surface area contributed by atoms with Gasteiger partial charge in [-0.3, -0.25) is 0 Å². The molecule has 0 saturated heterocycles. The van der Waals surface area contributed by atoms with Gasteiger partial charge in [-0.25, -0.2) is 13.5 Å². The minimum Gasteiger partial charge on any atom is -0.514 e. The minimum absolute atomic E-state index is 0. The second-order valence-corrected chi connectivity index (χ2v) is 5.41. The van der Waals surface area contributed by atoms with Gasteiger partial charge in [-0.15, -0.1) is 23.8 Å². The van der Waals surface area contributed by atoms with E-state index < -0.39 is 31.7 Å². The molecule has 1 aliphatic rings. The average molecular weight is 539 g/mol. The first kappa shape index (κ1) is 20.1. The fourth-order valence-corrected chi connectivity index (χ4v) is 2.38. The molecule has 0 amide bonds. The van der Waals surface area contributed by atoms with Gasteiger partial charge in [0.05, 0.1) is 6.08 Å². The molecule has 3 rings (SSSR count). The summed E-state index contributed by atoms with van der Waals surface area (Å²) < 4.78 is 37.0. The number of halogens is 2. The number of aliphatic hydroxyl groups excluding tert-OH is 1. The molecule has 4 bridgehead atoms. The molecule has 1 aromatic heterocycles. The van der Waals surface area contributed by atoms with E-state index in [1.54, 1.807) is 30.3 Å². The third-order valence-electron chi connectivity index (χ3n) is 3.43. The molecule has 9 heteroatoms. The Kier molecular flexibility index (Phi) is 6.92. The summed E-state index contributed by atoms with van der Waals surface area (Å²) in [5, 5.41) is 9.63. The zero-order valence-corrected chi connectivity index (χ0v) is 15.6. The number of carbonyl (C=O) groups is 1. The van der Waals surface area contributed by atoms with Crippen molar-refractivity contribution < 1.29 is 49.0 Å². The number of rotatable bonds is 0. The number of alkyl halides is 1. The number of hydrogen-bond donors (Lipinski definition) is 1. The summed E-state index contributed by atoms with van der Waals surface area (Å²) in [5.74, 6) is -1.72. The second kappa shape index (κ2) is 8.94. The Morgan fingerprint density at radius 3 is 2.77 bits per heavy atom. The summed E-state index contributed by atoms with van der Waals surface area (Å²) in [5.41, 5.74) is 1.50. The Labute approximate surface area is 163 Å². The average Bonchev–Trinajstić information content (AvgIpc) is 2.53. The molecule has 26 heavy (non-hydrogen) atoms. The van der Waals surface area contributed by atoms with Gasteiger partial charge < -0.3 is 19.4 Å². The molecule has 0 spiro atoms. The van der Waals surface area contributed by atoms with E-state index in [-0.39, 0.29) is 33.2 Å². The van der Waals surface area contributed by atoms with Gasteiger partial charge >= 0.3 is 13.4 Å². The van der Waals surface area contributed by atoms with Crippen LogP contribution in [0.15, 0.2) is 48.2 Å². The SMILES string of the molecule is O=C1C=C(O)CC(F)Cc2cccc(n2)-c2[c-]c(ccc2)OB(F)O1.[Pt]. The number of benzene rings is 1. The van der Waals surface area contributed by atoms with Crippen molar-refractivity contribution in [3.8, 4) is 17.0 Å². The minimum atomic E-state index is -2.39. The van der Waals surface area contributed by atoms with Crippen molar-refractivity contribution in [2.75, 3.05) is 0 Å². The van der Waals surface area contributed by atoms with Crippen LogP contribution in [0, 0.1) is 6.07 Å². The molecule has 1 aromatic carbocycles. The quantitative estimate of drug-likeness (QED) is 0.412. The molecule has 2 aromatic rings. The Bertz CT molecular complexity index is 821. The molecular weight excluding hydrogens is 526 g/mol. The molecule has 0 saturated carbocycles. The molecule has 5 nitrogen and oxygen atoms in total. The van der Waals surface area contributed by atoms with Crippen LogP contribution in [0.25, 0.3) is 11.3 Å². The molecule has 0 aliphatic carbocycles. The van der Waals surface area contributed by atoms with Crippen molar-refractivity contribution >= 4 is 13.4 Å². The predicted octanol–water partition coefficient (Wildman–Crippen LogP) is 3.15. The van der Waals surface area contributed by atoms with Gasteiger partial charge in [-0.2, -0.15) is 0 Å². The summed E-state index contributed by atoms with van der Waals surface area (Å²) >= 11 is 0. The third kappa shape index (κ3) is 5.39. The normalized spacial score (nSPS) is 17.6. The molecule has 1 unspecified atom stereocenters. The van der Waals surface area contributed by atoms with Gasteiger partial charge in [-0.05, 0) is 11.8 Å². The summed E-state index contributed by atoms with van der Waals surface area (Å²) in [6.07, 6.45) is -1.32. The van der Waals surface area contributed by atoms with Gasteiger partial charge in [0.25, 0.3) is 0 Å². The van der Waals surface area contributed by atoms with Crippen LogP contribution in [0.3, 0.4) is 0 Å². The number of fused-ring (bicyclic) bond motifs is 5. The fraction of sp³-hybridized carbons (Fsp3) is 0.176. The topological polar surface area (TPSA) is 68.7 Å². The van der Waals surface area contributed by atoms with Crippen LogP contribution in [-0.4, -0.2) is 29.6 Å². The largest absolute Gasteiger partial charge is 0.831 e. The van der Waals surface area contributed by atoms with Crippen LogP contribution in [0.2, 0.25) is 0 Å². The second-order valence-electron chi connectivity index (χ2n) is 5.41. The van der Waals surface area contributed by atoms with E-state index in [0.717, 1.165) is 0 Å². The van der Waals surface area contributed by atoms with Crippen molar-refractivity contribution in [1.29, 1.82) is 0 Å². The maximum absolute atomic E-state index is 14.1. The van der Waals surface area contributed by atoms with E-state index in [1.807, 2.05) is 0 Å². The molecule has 138 valence electrons. The van der Waals surface area contributed by atoms with E-state index in [0.29, 0.717) is 23.0 Å². The number of nitrogens with zero attached hydrogens (tertiary/aromatic N) is 1.